The quantitative estimate of drug-likeness (QED) is 0.607. The summed E-state index contributed by atoms with van der Waals surface area (Å²) in [6.45, 7) is 1.64. The predicted octanol–water partition coefficient (Wildman–Crippen LogP) is 0.225. The summed E-state index contributed by atoms with van der Waals surface area (Å²) in [5.41, 5.74) is 0. The lowest BCUT2D eigenvalue weighted by Crippen LogP contribution is -2.40. The molecule has 0 aromatic heterocycles. The molecule has 0 aliphatic rings. The lowest BCUT2D eigenvalue weighted by Gasteiger charge is -2.02. The van der Waals surface area contributed by atoms with Gasteiger partial charge in [-0.1, -0.05) is 15.9 Å². The van der Waals surface area contributed by atoms with Gasteiger partial charge in [0.25, 0.3) is 0 Å². The molecule has 0 saturated heterocycles. The maximum absolute atomic E-state index is 10.7. The van der Waals surface area contributed by atoms with Crippen LogP contribution in [-0.2, 0) is 4.79 Å². The number of imide groups is 1. The monoisotopic (exact) mass is 208 g/mol. The Bertz CT molecular complexity index is 147. The second kappa shape index (κ2) is 4.27. The molecule has 1 atom stereocenters. The van der Waals surface area contributed by atoms with Crippen molar-refractivity contribution in [2.24, 2.45) is 0 Å². The SMILES string of the molecule is CNC(=O)NC(=O)C(C)Br. The molecule has 5 heteroatoms. The number of halogens is 1. The average molecular weight is 209 g/mol. The summed E-state index contributed by atoms with van der Waals surface area (Å²) in [6.07, 6.45) is 0. The molecule has 3 amide bonds. The van der Waals surface area contributed by atoms with Crippen molar-refractivity contribution in [3.63, 3.8) is 0 Å². The molecule has 0 aromatic rings. The maximum Gasteiger partial charge on any atom is 0.321 e. The number of hydrogen-bond acceptors (Lipinski definition) is 2. The van der Waals surface area contributed by atoms with E-state index < -0.39 is 6.03 Å². The maximum atomic E-state index is 10.7. The van der Waals surface area contributed by atoms with E-state index in [0.29, 0.717) is 0 Å². The van der Waals surface area contributed by atoms with Gasteiger partial charge < -0.3 is 5.32 Å². The first kappa shape index (κ1) is 9.42. The highest BCUT2D eigenvalue weighted by molar-refractivity contribution is 9.10. The summed E-state index contributed by atoms with van der Waals surface area (Å²) >= 11 is 3.01. The molecule has 4 nitrogen and oxygen atoms in total. The van der Waals surface area contributed by atoms with E-state index in [-0.39, 0.29) is 10.7 Å². The van der Waals surface area contributed by atoms with Crippen molar-refractivity contribution in [2.45, 2.75) is 11.8 Å². The average Bonchev–Trinajstić information content (AvgIpc) is 1.87. The van der Waals surface area contributed by atoms with Gasteiger partial charge in [-0.25, -0.2) is 4.79 Å². The molecule has 0 aliphatic carbocycles. The number of nitrogens with one attached hydrogen (secondary N) is 2. The van der Waals surface area contributed by atoms with Gasteiger partial charge in [-0.05, 0) is 6.92 Å². The first-order valence-electron chi connectivity index (χ1n) is 2.74. The van der Waals surface area contributed by atoms with E-state index in [1.54, 1.807) is 6.92 Å². The fraction of sp³-hybridized carbons (Fsp3) is 0.600. The van der Waals surface area contributed by atoms with E-state index in [4.69, 9.17) is 0 Å². The first-order chi connectivity index (χ1) is 4.57. The standard InChI is InChI=1S/C5H9BrN2O2/c1-3(6)4(9)8-5(10)7-2/h3H,1-2H3,(H2,7,8,9,10). The molecule has 0 heterocycles. The largest absolute Gasteiger partial charge is 0.341 e. The molecule has 0 spiro atoms. The van der Waals surface area contributed by atoms with Crippen LogP contribution in [0.2, 0.25) is 0 Å². The van der Waals surface area contributed by atoms with Crippen LogP contribution in [0.25, 0.3) is 0 Å². The molecule has 0 fully saturated rings. The molecule has 0 aromatic carbocycles. The molecule has 0 saturated carbocycles. The number of rotatable bonds is 1. The second-order valence-electron chi connectivity index (χ2n) is 1.68. The highest BCUT2D eigenvalue weighted by atomic mass is 79.9. The van der Waals surface area contributed by atoms with Crippen LogP contribution in [0.4, 0.5) is 4.79 Å². The summed E-state index contributed by atoms with van der Waals surface area (Å²) in [6, 6.07) is -0.490. The highest BCUT2D eigenvalue weighted by Gasteiger charge is 2.10. The molecular formula is C5H9BrN2O2. The minimum atomic E-state index is -0.490. The van der Waals surface area contributed by atoms with Crippen molar-refractivity contribution in [3.8, 4) is 0 Å². The van der Waals surface area contributed by atoms with Crippen molar-refractivity contribution >= 4 is 27.9 Å². The lowest BCUT2D eigenvalue weighted by atomic mass is 10.4. The highest BCUT2D eigenvalue weighted by Crippen LogP contribution is 1.95. The summed E-state index contributed by atoms with van der Waals surface area (Å²) in [4.78, 5) is 20.8. The van der Waals surface area contributed by atoms with E-state index in [1.165, 1.54) is 7.05 Å². The van der Waals surface area contributed by atoms with E-state index in [0.717, 1.165) is 0 Å². The van der Waals surface area contributed by atoms with Crippen molar-refractivity contribution < 1.29 is 9.59 Å². The third-order valence-corrected chi connectivity index (χ3v) is 1.24. The van der Waals surface area contributed by atoms with Gasteiger partial charge in [-0.2, -0.15) is 0 Å². The van der Waals surface area contributed by atoms with Crippen LogP contribution in [0, 0.1) is 0 Å². The molecule has 2 N–H and O–H groups in total. The Morgan fingerprint density at radius 2 is 2.00 bits per heavy atom. The van der Waals surface area contributed by atoms with Crippen molar-refractivity contribution in [1.82, 2.24) is 10.6 Å². The summed E-state index contributed by atoms with van der Waals surface area (Å²) < 4.78 is 0. The van der Waals surface area contributed by atoms with Crippen molar-refractivity contribution in [3.05, 3.63) is 0 Å². The van der Waals surface area contributed by atoms with Crippen LogP contribution in [0.1, 0.15) is 6.92 Å². The van der Waals surface area contributed by atoms with Crippen LogP contribution in [0.5, 0.6) is 0 Å². The van der Waals surface area contributed by atoms with Gasteiger partial charge in [-0.3, -0.25) is 10.1 Å². The topological polar surface area (TPSA) is 58.2 Å². The van der Waals surface area contributed by atoms with Gasteiger partial charge >= 0.3 is 6.03 Å². The third kappa shape index (κ3) is 3.45. The lowest BCUT2D eigenvalue weighted by molar-refractivity contribution is -0.119. The third-order valence-electron chi connectivity index (χ3n) is 0.825. The Morgan fingerprint density at radius 3 is 2.30 bits per heavy atom. The zero-order chi connectivity index (χ0) is 8.15. The predicted molar refractivity (Wildman–Crippen MR) is 41.0 cm³/mol. The van der Waals surface area contributed by atoms with E-state index >= 15 is 0 Å². The van der Waals surface area contributed by atoms with E-state index in [2.05, 4.69) is 26.6 Å². The minimum Gasteiger partial charge on any atom is -0.341 e. The van der Waals surface area contributed by atoms with Crippen molar-refractivity contribution in [1.29, 1.82) is 0 Å². The molecular weight excluding hydrogens is 200 g/mol. The number of carbonyl (C=O) groups excluding carboxylic acids is 2. The molecule has 0 rings (SSSR count). The first-order valence-corrected chi connectivity index (χ1v) is 3.66. The Morgan fingerprint density at radius 1 is 1.50 bits per heavy atom. The fourth-order valence-corrected chi connectivity index (χ4v) is 0.388. The number of carbonyl (C=O) groups is 2. The van der Waals surface area contributed by atoms with E-state index in [1.807, 2.05) is 0 Å². The number of hydrogen-bond donors (Lipinski definition) is 2. The Kier molecular flexibility index (Phi) is 4.02. The zero-order valence-corrected chi connectivity index (χ0v) is 7.36. The Balaban J connectivity index is 3.69. The van der Waals surface area contributed by atoms with Gasteiger partial charge in [0.1, 0.15) is 0 Å². The normalized spacial score (nSPS) is 11.9. The number of urea groups is 1. The zero-order valence-electron chi connectivity index (χ0n) is 5.77. The molecule has 0 aliphatic heterocycles. The molecule has 58 valence electrons. The van der Waals surface area contributed by atoms with Crippen LogP contribution in [-0.4, -0.2) is 23.8 Å². The second-order valence-corrected chi connectivity index (χ2v) is 3.06. The van der Waals surface area contributed by atoms with Crippen LogP contribution in [0.15, 0.2) is 0 Å². The Hall–Kier alpha value is -0.580. The molecule has 1 unspecified atom stereocenters. The summed E-state index contributed by atoms with van der Waals surface area (Å²) in [7, 11) is 1.45. The van der Waals surface area contributed by atoms with Gasteiger partial charge in [0.05, 0.1) is 4.83 Å². The number of alkyl halides is 1. The van der Waals surface area contributed by atoms with Crippen LogP contribution in [0.3, 0.4) is 0 Å². The van der Waals surface area contributed by atoms with E-state index in [9.17, 15) is 9.59 Å². The van der Waals surface area contributed by atoms with Crippen LogP contribution < -0.4 is 10.6 Å². The summed E-state index contributed by atoms with van der Waals surface area (Å²) in [5, 5.41) is 4.35. The van der Waals surface area contributed by atoms with Crippen LogP contribution >= 0.6 is 15.9 Å². The molecule has 0 radical (unpaired) electrons. The van der Waals surface area contributed by atoms with Gasteiger partial charge in [0, 0.05) is 7.05 Å². The number of amides is 3. The molecule has 0 bridgehead atoms. The van der Waals surface area contributed by atoms with Gasteiger partial charge in [0.2, 0.25) is 5.91 Å². The summed E-state index contributed by atoms with van der Waals surface area (Å²) in [5.74, 6) is -0.348. The minimum absolute atomic E-state index is 0.343. The Labute approximate surface area is 67.5 Å². The van der Waals surface area contributed by atoms with Crippen molar-refractivity contribution in [2.75, 3.05) is 7.05 Å². The van der Waals surface area contributed by atoms with Gasteiger partial charge in [-0.15, -0.1) is 0 Å². The van der Waals surface area contributed by atoms with Gasteiger partial charge in [0.15, 0.2) is 0 Å². The fourth-order valence-electron chi connectivity index (χ4n) is 0.274. The smallest absolute Gasteiger partial charge is 0.321 e. The molecule has 10 heavy (non-hydrogen) atoms.